The Hall–Kier alpha value is -0.900. The van der Waals surface area contributed by atoms with Crippen molar-refractivity contribution in [2.45, 2.75) is 39.2 Å². The Morgan fingerprint density at radius 3 is 3.00 bits per heavy atom. The van der Waals surface area contributed by atoms with Crippen molar-refractivity contribution in [2.24, 2.45) is 5.92 Å². The maximum Gasteiger partial charge on any atom is 0.223 e. The van der Waals surface area contributed by atoms with E-state index in [1.807, 2.05) is 6.92 Å². The molecule has 0 saturated heterocycles. The second-order valence-corrected chi connectivity index (χ2v) is 3.99. The van der Waals surface area contributed by atoms with Crippen molar-refractivity contribution in [1.82, 2.24) is 15.5 Å². The first kappa shape index (κ1) is 9.65. The minimum absolute atomic E-state index is 0.639. The van der Waals surface area contributed by atoms with Crippen molar-refractivity contribution in [3.05, 3.63) is 11.7 Å². The number of aryl methyl sites for hydroxylation is 1. The topological polar surface area (TPSA) is 51.0 Å². The Bertz CT molecular complexity index is 281. The third-order valence-electron chi connectivity index (χ3n) is 2.52. The summed E-state index contributed by atoms with van der Waals surface area (Å²) >= 11 is 0. The summed E-state index contributed by atoms with van der Waals surface area (Å²) < 4.78 is 4.87. The quantitative estimate of drug-likeness (QED) is 0.701. The predicted molar refractivity (Wildman–Crippen MR) is 52.7 cm³/mol. The standard InChI is InChI=1S/C10H17N3O/c1-8-12-10(13-14-8)7-11-6-2-3-9-4-5-9/h9,11H,2-7H2,1H3. The minimum Gasteiger partial charge on any atom is -0.340 e. The van der Waals surface area contributed by atoms with Crippen molar-refractivity contribution in [3.63, 3.8) is 0 Å². The smallest absolute Gasteiger partial charge is 0.223 e. The molecule has 1 aromatic heterocycles. The lowest BCUT2D eigenvalue weighted by Gasteiger charge is -2.00. The van der Waals surface area contributed by atoms with E-state index in [2.05, 4.69) is 15.5 Å². The molecule has 78 valence electrons. The average molecular weight is 195 g/mol. The van der Waals surface area contributed by atoms with E-state index in [1.54, 1.807) is 0 Å². The van der Waals surface area contributed by atoms with Crippen LogP contribution in [0.15, 0.2) is 4.52 Å². The van der Waals surface area contributed by atoms with Crippen molar-refractivity contribution in [2.75, 3.05) is 6.54 Å². The van der Waals surface area contributed by atoms with Gasteiger partial charge in [0.25, 0.3) is 0 Å². The van der Waals surface area contributed by atoms with E-state index < -0.39 is 0 Å². The number of hydrogen-bond acceptors (Lipinski definition) is 4. The third kappa shape index (κ3) is 3.10. The molecule has 1 aromatic rings. The highest BCUT2D eigenvalue weighted by Crippen LogP contribution is 2.33. The molecule has 2 rings (SSSR count). The molecule has 0 aliphatic heterocycles. The summed E-state index contributed by atoms with van der Waals surface area (Å²) in [6, 6.07) is 0. The second kappa shape index (κ2) is 4.55. The first-order chi connectivity index (χ1) is 6.84. The van der Waals surface area contributed by atoms with E-state index in [-0.39, 0.29) is 0 Å². The molecule has 1 N–H and O–H groups in total. The van der Waals surface area contributed by atoms with Gasteiger partial charge in [-0.15, -0.1) is 0 Å². The molecule has 0 unspecified atom stereocenters. The van der Waals surface area contributed by atoms with Gasteiger partial charge in [-0.3, -0.25) is 0 Å². The summed E-state index contributed by atoms with van der Waals surface area (Å²) in [6.07, 6.45) is 5.54. The van der Waals surface area contributed by atoms with Gasteiger partial charge in [-0.25, -0.2) is 0 Å². The van der Waals surface area contributed by atoms with Crippen LogP contribution in [0.25, 0.3) is 0 Å². The Balaban J connectivity index is 1.53. The normalized spacial score (nSPS) is 16.1. The van der Waals surface area contributed by atoms with Crippen molar-refractivity contribution in [1.29, 1.82) is 0 Å². The molecule has 1 heterocycles. The third-order valence-corrected chi connectivity index (χ3v) is 2.52. The molecule has 14 heavy (non-hydrogen) atoms. The second-order valence-electron chi connectivity index (χ2n) is 3.99. The van der Waals surface area contributed by atoms with Gasteiger partial charge in [-0.1, -0.05) is 18.0 Å². The molecular formula is C10H17N3O. The van der Waals surface area contributed by atoms with E-state index in [4.69, 9.17) is 4.52 Å². The fourth-order valence-electron chi connectivity index (χ4n) is 1.54. The van der Waals surface area contributed by atoms with E-state index in [1.165, 1.54) is 25.7 Å². The summed E-state index contributed by atoms with van der Waals surface area (Å²) in [5.74, 6) is 2.43. The lowest BCUT2D eigenvalue weighted by Crippen LogP contribution is -2.15. The molecule has 0 atom stereocenters. The molecule has 4 nitrogen and oxygen atoms in total. The zero-order valence-corrected chi connectivity index (χ0v) is 8.62. The zero-order chi connectivity index (χ0) is 9.80. The Morgan fingerprint density at radius 2 is 2.36 bits per heavy atom. The Kier molecular flexibility index (Phi) is 3.14. The molecular weight excluding hydrogens is 178 g/mol. The molecule has 0 aromatic carbocycles. The lowest BCUT2D eigenvalue weighted by atomic mass is 10.2. The first-order valence-corrected chi connectivity index (χ1v) is 5.34. The number of rotatable bonds is 6. The summed E-state index contributed by atoms with van der Waals surface area (Å²) in [4.78, 5) is 4.12. The van der Waals surface area contributed by atoms with Gasteiger partial charge >= 0.3 is 0 Å². The van der Waals surface area contributed by atoms with Gasteiger partial charge in [0.2, 0.25) is 5.89 Å². The maximum absolute atomic E-state index is 4.87. The van der Waals surface area contributed by atoms with E-state index >= 15 is 0 Å². The van der Waals surface area contributed by atoms with Crippen LogP contribution in [0.1, 0.15) is 37.4 Å². The van der Waals surface area contributed by atoms with Crippen LogP contribution in [0.5, 0.6) is 0 Å². The fraction of sp³-hybridized carbons (Fsp3) is 0.800. The van der Waals surface area contributed by atoms with Gasteiger partial charge < -0.3 is 9.84 Å². The van der Waals surface area contributed by atoms with Crippen molar-refractivity contribution >= 4 is 0 Å². The van der Waals surface area contributed by atoms with Crippen LogP contribution in [0.4, 0.5) is 0 Å². The molecule has 0 radical (unpaired) electrons. The molecule has 1 saturated carbocycles. The van der Waals surface area contributed by atoms with E-state index in [9.17, 15) is 0 Å². The van der Waals surface area contributed by atoms with Crippen LogP contribution >= 0.6 is 0 Å². The van der Waals surface area contributed by atoms with Crippen molar-refractivity contribution < 1.29 is 4.52 Å². The Morgan fingerprint density at radius 1 is 1.50 bits per heavy atom. The van der Waals surface area contributed by atoms with Crippen LogP contribution in [-0.2, 0) is 6.54 Å². The zero-order valence-electron chi connectivity index (χ0n) is 8.62. The molecule has 1 aliphatic carbocycles. The van der Waals surface area contributed by atoms with Gasteiger partial charge in [0.15, 0.2) is 5.82 Å². The largest absolute Gasteiger partial charge is 0.340 e. The minimum atomic E-state index is 0.639. The molecule has 4 heteroatoms. The monoisotopic (exact) mass is 195 g/mol. The molecule has 0 spiro atoms. The SMILES string of the molecule is Cc1nc(CNCCCC2CC2)no1. The van der Waals surface area contributed by atoms with Crippen LogP contribution in [0.3, 0.4) is 0 Å². The van der Waals surface area contributed by atoms with Gasteiger partial charge in [0.05, 0.1) is 6.54 Å². The maximum atomic E-state index is 4.87. The van der Waals surface area contributed by atoms with E-state index in [0.29, 0.717) is 5.89 Å². The van der Waals surface area contributed by atoms with Gasteiger partial charge in [-0.2, -0.15) is 4.98 Å². The highest BCUT2D eigenvalue weighted by molar-refractivity contribution is 4.82. The Labute approximate surface area is 84.1 Å². The summed E-state index contributed by atoms with van der Waals surface area (Å²) in [5, 5.41) is 7.13. The van der Waals surface area contributed by atoms with Crippen molar-refractivity contribution in [3.8, 4) is 0 Å². The highest BCUT2D eigenvalue weighted by Gasteiger charge is 2.19. The number of nitrogens with one attached hydrogen (secondary N) is 1. The fourth-order valence-corrected chi connectivity index (χ4v) is 1.54. The van der Waals surface area contributed by atoms with Crippen LogP contribution < -0.4 is 5.32 Å². The number of hydrogen-bond donors (Lipinski definition) is 1. The van der Waals surface area contributed by atoms with Gasteiger partial charge in [0.1, 0.15) is 0 Å². The molecule has 1 fully saturated rings. The lowest BCUT2D eigenvalue weighted by molar-refractivity contribution is 0.385. The number of aromatic nitrogens is 2. The molecule has 0 amide bonds. The molecule has 0 bridgehead atoms. The summed E-state index contributed by atoms with van der Waals surface area (Å²) in [5.41, 5.74) is 0. The summed E-state index contributed by atoms with van der Waals surface area (Å²) in [7, 11) is 0. The molecule has 1 aliphatic rings. The average Bonchev–Trinajstić information content (AvgIpc) is 2.89. The van der Waals surface area contributed by atoms with Crippen LogP contribution in [0.2, 0.25) is 0 Å². The predicted octanol–water partition coefficient (Wildman–Crippen LogP) is 1.66. The summed E-state index contributed by atoms with van der Waals surface area (Å²) in [6.45, 7) is 3.59. The van der Waals surface area contributed by atoms with Crippen LogP contribution in [0, 0.1) is 12.8 Å². The number of nitrogens with zero attached hydrogens (tertiary/aromatic N) is 2. The van der Waals surface area contributed by atoms with Gasteiger partial charge in [0, 0.05) is 6.92 Å². The van der Waals surface area contributed by atoms with Crippen LogP contribution in [-0.4, -0.2) is 16.7 Å². The highest BCUT2D eigenvalue weighted by atomic mass is 16.5. The van der Waals surface area contributed by atoms with E-state index in [0.717, 1.165) is 24.8 Å². The first-order valence-electron chi connectivity index (χ1n) is 5.34. The van der Waals surface area contributed by atoms with Gasteiger partial charge in [-0.05, 0) is 25.3 Å².